The molecular formula is C10H14BNO2S. The van der Waals surface area contributed by atoms with Crippen LogP contribution in [0.1, 0.15) is 9.67 Å². The van der Waals surface area contributed by atoms with Crippen molar-refractivity contribution in [1.29, 1.82) is 0 Å². The monoisotopic (exact) mass is 223 g/mol. The third-order valence-electron chi connectivity index (χ3n) is 2.03. The lowest BCUT2D eigenvalue weighted by Crippen LogP contribution is -2.40. The average Bonchev–Trinajstić information content (AvgIpc) is 2.69. The van der Waals surface area contributed by atoms with Crippen molar-refractivity contribution in [3.8, 4) is 0 Å². The third-order valence-corrected chi connectivity index (χ3v) is 2.95. The molecule has 0 aliphatic rings. The smallest absolute Gasteiger partial charge is 0.377 e. The summed E-state index contributed by atoms with van der Waals surface area (Å²) in [7, 11) is -0.632. The molecule has 1 heterocycles. The Balaban J connectivity index is 2.58. The van der Waals surface area contributed by atoms with Crippen molar-refractivity contribution in [3.05, 3.63) is 35.0 Å². The maximum Gasteiger partial charge on any atom is 0.377 e. The normalized spacial score (nSPS) is 10.3. The number of hydrogen-bond acceptors (Lipinski definition) is 4. The first-order valence-electron chi connectivity index (χ1n) is 4.75. The van der Waals surface area contributed by atoms with Crippen molar-refractivity contribution in [2.45, 2.75) is 6.82 Å². The second-order valence-corrected chi connectivity index (χ2v) is 4.20. The van der Waals surface area contributed by atoms with Crippen molar-refractivity contribution in [2.75, 3.05) is 13.1 Å². The van der Waals surface area contributed by atoms with Crippen LogP contribution in [0.15, 0.2) is 30.2 Å². The van der Waals surface area contributed by atoms with Crippen LogP contribution in [0.5, 0.6) is 0 Å². The molecule has 0 saturated carbocycles. The van der Waals surface area contributed by atoms with Crippen LogP contribution in [0, 0.1) is 0 Å². The zero-order valence-corrected chi connectivity index (χ0v) is 9.54. The van der Waals surface area contributed by atoms with Gasteiger partial charge in [0.15, 0.2) is 5.78 Å². The highest BCUT2D eigenvalue weighted by Crippen LogP contribution is 2.10. The van der Waals surface area contributed by atoms with Gasteiger partial charge in [0.2, 0.25) is 0 Å². The molecule has 80 valence electrons. The lowest BCUT2D eigenvalue weighted by molar-refractivity contribution is 0.0968. The molecule has 0 radical (unpaired) electrons. The summed E-state index contributed by atoms with van der Waals surface area (Å²) in [5, 5.41) is 11.3. The molecular weight excluding hydrogens is 209 g/mol. The van der Waals surface area contributed by atoms with E-state index in [9.17, 15) is 9.82 Å². The van der Waals surface area contributed by atoms with Gasteiger partial charge in [-0.15, -0.1) is 17.9 Å². The number of nitrogens with zero attached hydrogens (tertiary/aromatic N) is 1. The molecule has 1 rings (SSSR count). The van der Waals surface area contributed by atoms with E-state index in [1.807, 2.05) is 11.4 Å². The Bertz CT molecular complexity index is 324. The van der Waals surface area contributed by atoms with Gasteiger partial charge in [-0.25, -0.2) is 0 Å². The van der Waals surface area contributed by atoms with E-state index in [2.05, 4.69) is 6.58 Å². The van der Waals surface area contributed by atoms with Crippen LogP contribution < -0.4 is 0 Å². The highest BCUT2D eigenvalue weighted by atomic mass is 32.1. The Labute approximate surface area is 94.2 Å². The fraction of sp³-hybridized carbons (Fsp3) is 0.300. The van der Waals surface area contributed by atoms with Crippen molar-refractivity contribution in [3.63, 3.8) is 0 Å². The van der Waals surface area contributed by atoms with Crippen molar-refractivity contribution >= 4 is 24.2 Å². The molecule has 0 spiro atoms. The van der Waals surface area contributed by atoms with Gasteiger partial charge in [-0.2, -0.15) is 0 Å². The molecule has 1 N–H and O–H groups in total. The molecule has 3 nitrogen and oxygen atoms in total. The lowest BCUT2D eigenvalue weighted by atomic mass is 9.84. The molecule has 1 aromatic heterocycles. The van der Waals surface area contributed by atoms with Gasteiger partial charge in [0.05, 0.1) is 11.4 Å². The largest absolute Gasteiger partial charge is 0.437 e. The standard InChI is InChI=1S/C10H14BNO2S/c1-3-6-12(11(2)14)8-9(13)10-5-4-7-15-10/h3-5,7,14H,1,6,8H2,2H3. The van der Waals surface area contributed by atoms with Gasteiger partial charge in [-0.05, 0) is 18.3 Å². The molecule has 0 atom stereocenters. The number of thiophene rings is 1. The van der Waals surface area contributed by atoms with Crippen LogP contribution in [-0.4, -0.2) is 35.8 Å². The molecule has 0 bridgehead atoms. The van der Waals surface area contributed by atoms with Crippen LogP contribution in [0.25, 0.3) is 0 Å². The number of carbonyl (C=O) groups is 1. The van der Waals surface area contributed by atoms with Crippen LogP contribution in [0.2, 0.25) is 6.82 Å². The van der Waals surface area contributed by atoms with Gasteiger partial charge < -0.3 is 9.83 Å². The molecule has 0 amide bonds. The minimum Gasteiger partial charge on any atom is -0.437 e. The first-order chi connectivity index (χ1) is 7.15. The summed E-state index contributed by atoms with van der Waals surface area (Å²) in [5.74, 6) is 0.0350. The highest BCUT2D eigenvalue weighted by Gasteiger charge is 2.18. The van der Waals surface area contributed by atoms with Crippen LogP contribution in [0.4, 0.5) is 0 Å². The SMILES string of the molecule is C=CCN(CC(=O)c1cccs1)B(C)O. The fourth-order valence-electron chi connectivity index (χ4n) is 1.21. The van der Waals surface area contributed by atoms with E-state index in [-0.39, 0.29) is 12.3 Å². The van der Waals surface area contributed by atoms with Gasteiger partial charge in [0, 0.05) is 6.54 Å². The van der Waals surface area contributed by atoms with Crippen LogP contribution in [0.3, 0.4) is 0 Å². The first-order valence-corrected chi connectivity index (χ1v) is 5.63. The fourth-order valence-corrected chi connectivity index (χ4v) is 1.87. The zero-order valence-electron chi connectivity index (χ0n) is 8.72. The number of ketones is 1. The Morgan fingerprint density at radius 3 is 3.00 bits per heavy atom. The molecule has 0 fully saturated rings. The quantitative estimate of drug-likeness (QED) is 0.451. The third kappa shape index (κ3) is 3.62. The average molecular weight is 223 g/mol. The van der Waals surface area contributed by atoms with Gasteiger partial charge in [-0.3, -0.25) is 4.79 Å². The molecule has 0 aliphatic carbocycles. The van der Waals surface area contributed by atoms with Gasteiger partial charge in [-0.1, -0.05) is 12.1 Å². The van der Waals surface area contributed by atoms with Crippen molar-refractivity contribution in [1.82, 2.24) is 4.81 Å². The number of hydrogen-bond donors (Lipinski definition) is 1. The van der Waals surface area contributed by atoms with E-state index < -0.39 is 7.05 Å². The van der Waals surface area contributed by atoms with Crippen molar-refractivity contribution in [2.24, 2.45) is 0 Å². The van der Waals surface area contributed by atoms with Gasteiger partial charge in [0.25, 0.3) is 0 Å². The predicted octanol–water partition coefficient (Wildman–Crippen LogP) is 1.53. The molecule has 5 heteroatoms. The maximum atomic E-state index is 11.7. The minimum atomic E-state index is -0.632. The second kappa shape index (κ2) is 5.85. The summed E-state index contributed by atoms with van der Waals surface area (Å²) in [6, 6.07) is 3.64. The van der Waals surface area contributed by atoms with Gasteiger partial charge in [0.1, 0.15) is 0 Å². The van der Waals surface area contributed by atoms with E-state index in [1.54, 1.807) is 23.8 Å². The van der Waals surface area contributed by atoms with E-state index in [4.69, 9.17) is 0 Å². The summed E-state index contributed by atoms with van der Waals surface area (Å²) in [4.78, 5) is 14.1. The summed E-state index contributed by atoms with van der Waals surface area (Å²) in [6.45, 7) is 5.97. The van der Waals surface area contributed by atoms with Crippen molar-refractivity contribution < 1.29 is 9.82 Å². The summed E-state index contributed by atoms with van der Waals surface area (Å²) in [6.07, 6.45) is 1.68. The number of carbonyl (C=O) groups excluding carboxylic acids is 1. The van der Waals surface area contributed by atoms with Crippen LogP contribution >= 0.6 is 11.3 Å². The maximum absolute atomic E-state index is 11.7. The Hall–Kier alpha value is -0.905. The zero-order chi connectivity index (χ0) is 11.3. The summed E-state index contributed by atoms with van der Waals surface area (Å²) >= 11 is 1.42. The number of rotatable bonds is 6. The molecule has 0 aliphatic heterocycles. The molecule has 1 aromatic rings. The summed E-state index contributed by atoms with van der Waals surface area (Å²) in [5.41, 5.74) is 0. The highest BCUT2D eigenvalue weighted by molar-refractivity contribution is 7.12. The van der Waals surface area contributed by atoms with E-state index in [1.165, 1.54) is 11.3 Å². The van der Waals surface area contributed by atoms with Gasteiger partial charge >= 0.3 is 7.05 Å². The Kier molecular flexibility index (Phi) is 4.75. The Morgan fingerprint density at radius 2 is 2.53 bits per heavy atom. The van der Waals surface area contributed by atoms with E-state index in [0.29, 0.717) is 6.54 Å². The second-order valence-electron chi connectivity index (χ2n) is 3.25. The minimum absolute atomic E-state index is 0.0350. The molecule has 0 saturated heterocycles. The van der Waals surface area contributed by atoms with Crippen LogP contribution in [-0.2, 0) is 0 Å². The first kappa shape index (κ1) is 12.2. The molecule has 15 heavy (non-hydrogen) atoms. The lowest BCUT2D eigenvalue weighted by Gasteiger charge is -2.19. The van der Waals surface area contributed by atoms with E-state index >= 15 is 0 Å². The Morgan fingerprint density at radius 1 is 1.80 bits per heavy atom. The topological polar surface area (TPSA) is 40.5 Å². The predicted molar refractivity (Wildman–Crippen MR) is 64.3 cm³/mol. The van der Waals surface area contributed by atoms with E-state index in [0.717, 1.165) is 4.88 Å². The molecule has 0 unspecified atom stereocenters. The number of Topliss-reactive ketones (excluding diaryl/α,β-unsaturated/α-hetero) is 1. The summed E-state index contributed by atoms with van der Waals surface area (Å²) < 4.78 is 0. The molecule has 0 aromatic carbocycles.